The highest BCUT2D eigenvalue weighted by molar-refractivity contribution is 7.21. The summed E-state index contributed by atoms with van der Waals surface area (Å²) in [4.78, 5) is 27.6. The summed E-state index contributed by atoms with van der Waals surface area (Å²) in [6.07, 6.45) is 1.12. The number of rotatable bonds is 5. The molecule has 0 N–H and O–H groups in total. The molecular weight excluding hydrogens is 408 g/mol. The van der Waals surface area contributed by atoms with Crippen LogP contribution in [0.2, 0.25) is 0 Å². The van der Waals surface area contributed by atoms with Crippen LogP contribution in [0.4, 0.5) is 5.13 Å². The number of thiazole rings is 1. The summed E-state index contributed by atoms with van der Waals surface area (Å²) in [6.45, 7) is 2.73. The van der Waals surface area contributed by atoms with Crippen LogP contribution < -0.4 is 9.64 Å². The van der Waals surface area contributed by atoms with Gasteiger partial charge in [-0.25, -0.2) is 9.97 Å². The van der Waals surface area contributed by atoms with Crippen molar-refractivity contribution < 1.29 is 9.53 Å². The topological polar surface area (TPSA) is 58.6 Å². The van der Waals surface area contributed by atoms with Crippen molar-refractivity contribution in [3.63, 3.8) is 0 Å². The van der Waals surface area contributed by atoms with Gasteiger partial charge in [-0.2, -0.15) is 0 Å². The second kappa shape index (κ2) is 8.73. The molecule has 4 aromatic rings. The van der Waals surface area contributed by atoms with E-state index in [9.17, 15) is 4.79 Å². The molecule has 1 aliphatic heterocycles. The van der Waals surface area contributed by atoms with E-state index in [0.717, 1.165) is 34.1 Å². The van der Waals surface area contributed by atoms with Crippen LogP contribution in [0.5, 0.6) is 5.75 Å². The number of ether oxygens (including phenoxy) is 1. The van der Waals surface area contributed by atoms with Crippen LogP contribution in [0.3, 0.4) is 0 Å². The lowest BCUT2D eigenvalue weighted by Gasteiger charge is -2.36. The molecule has 0 radical (unpaired) electrons. The Balaban J connectivity index is 1.31. The number of para-hydroxylation sites is 1. The minimum atomic E-state index is -0.665. The summed E-state index contributed by atoms with van der Waals surface area (Å²) >= 11 is 1.59. The summed E-state index contributed by atoms with van der Waals surface area (Å²) in [5, 5.41) is 0.959. The van der Waals surface area contributed by atoms with Crippen molar-refractivity contribution in [1.82, 2.24) is 14.9 Å². The van der Waals surface area contributed by atoms with Crippen molar-refractivity contribution in [2.45, 2.75) is 6.10 Å². The van der Waals surface area contributed by atoms with Gasteiger partial charge in [0.15, 0.2) is 5.13 Å². The van der Waals surface area contributed by atoms with E-state index in [0.29, 0.717) is 18.8 Å². The van der Waals surface area contributed by atoms with Crippen molar-refractivity contribution in [3.05, 3.63) is 84.6 Å². The Hall–Kier alpha value is -3.45. The third-order valence-corrected chi connectivity index (χ3v) is 6.38. The zero-order valence-electron chi connectivity index (χ0n) is 16.9. The summed E-state index contributed by atoms with van der Waals surface area (Å²) < 4.78 is 6.14. The number of hydrogen-bond acceptors (Lipinski definition) is 6. The molecule has 1 amide bonds. The number of nitrogens with zero attached hydrogens (tertiary/aromatic N) is 4. The Bertz CT molecular complexity index is 1120. The van der Waals surface area contributed by atoms with Crippen molar-refractivity contribution >= 4 is 32.7 Å². The molecular formula is C24H22N4O2S. The van der Waals surface area contributed by atoms with Gasteiger partial charge in [0.05, 0.1) is 0 Å². The number of amides is 1. The Labute approximate surface area is 184 Å². The average molecular weight is 431 g/mol. The second-order valence-corrected chi connectivity index (χ2v) is 8.31. The first-order chi connectivity index (χ1) is 15.3. The zero-order chi connectivity index (χ0) is 21.0. The summed E-state index contributed by atoms with van der Waals surface area (Å²) in [5.41, 5.74) is 1.78. The molecule has 1 unspecified atom stereocenters. The average Bonchev–Trinajstić information content (AvgIpc) is 3.28. The van der Waals surface area contributed by atoms with Gasteiger partial charge in [0.25, 0.3) is 5.91 Å². The minimum absolute atomic E-state index is 0.0133. The number of piperazine rings is 1. The third kappa shape index (κ3) is 4.22. The quantitative estimate of drug-likeness (QED) is 0.476. The van der Waals surface area contributed by atoms with Crippen molar-refractivity contribution in [2.75, 3.05) is 31.1 Å². The maximum absolute atomic E-state index is 13.4. The number of pyridine rings is 1. The number of anilines is 1. The lowest BCUT2D eigenvalue weighted by molar-refractivity contribution is -0.139. The zero-order valence-corrected chi connectivity index (χ0v) is 17.7. The third-order valence-electron chi connectivity index (χ3n) is 5.34. The highest BCUT2D eigenvalue weighted by Gasteiger charge is 2.31. The molecule has 156 valence electrons. The van der Waals surface area contributed by atoms with E-state index in [-0.39, 0.29) is 5.91 Å². The Morgan fingerprint density at radius 1 is 0.903 bits per heavy atom. The van der Waals surface area contributed by atoms with E-state index in [1.165, 1.54) is 0 Å². The van der Waals surface area contributed by atoms with Crippen LogP contribution in [0.1, 0.15) is 11.7 Å². The predicted octanol–water partition coefficient (Wildman–Crippen LogP) is 4.16. The van der Waals surface area contributed by atoms with Gasteiger partial charge in [0.2, 0.25) is 6.10 Å². The molecule has 31 heavy (non-hydrogen) atoms. The van der Waals surface area contributed by atoms with Crippen LogP contribution >= 0.6 is 11.3 Å². The van der Waals surface area contributed by atoms with E-state index in [1.807, 2.05) is 77.7 Å². The number of fused-ring (bicyclic) bond motifs is 1. The molecule has 3 heterocycles. The lowest BCUT2D eigenvalue weighted by Crippen LogP contribution is -2.50. The van der Waals surface area contributed by atoms with Gasteiger partial charge in [-0.15, -0.1) is 0 Å². The molecule has 2 aromatic carbocycles. The van der Waals surface area contributed by atoms with Gasteiger partial charge < -0.3 is 14.5 Å². The highest BCUT2D eigenvalue weighted by Crippen LogP contribution is 2.29. The molecule has 5 rings (SSSR count). The van der Waals surface area contributed by atoms with Gasteiger partial charge in [-0.1, -0.05) is 59.9 Å². The first-order valence-corrected chi connectivity index (χ1v) is 11.1. The van der Waals surface area contributed by atoms with Crippen LogP contribution in [0.15, 0.2) is 79.0 Å². The van der Waals surface area contributed by atoms with Crippen molar-refractivity contribution in [3.8, 4) is 5.75 Å². The smallest absolute Gasteiger partial charge is 0.268 e. The fraction of sp³-hybridized carbons (Fsp3) is 0.208. The molecule has 1 atom stereocenters. The Morgan fingerprint density at radius 2 is 1.61 bits per heavy atom. The van der Waals surface area contributed by atoms with Gasteiger partial charge in [-0.3, -0.25) is 4.79 Å². The molecule has 1 saturated heterocycles. The maximum atomic E-state index is 13.4. The van der Waals surface area contributed by atoms with E-state index >= 15 is 0 Å². The van der Waals surface area contributed by atoms with E-state index < -0.39 is 6.10 Å². The number of carbonyl (C=O) groups excluding carboxylic acids is 1. The van der Waals surface area contributed by atoms with E-state index in [2.05, 4.69) is 9.88 Å². The van der Waals surface area contributed by atoms with Crippen LogP contribution in [0, 0.1) is 0 Å². The number of carbonyl (C=O) groups is 1. The molecule has 7 heteroatoms. The highest BCUT2D eigenvalue weighted by atomic mass is 32.1. The maximum Gasteiger partial charge on any atom is 0.268 e. The Kier molecular flexibility index (Phi) is 5.50. The fourth-order valence-electron chi connectivity index (χ4n) is 3.70. The summed E-state index contributed by atoms with van der Waals surface area (Å²) in [5.74, 6) is 0.672. The number of aromatic nitrogens is 2. The van der Waals surface area contributed by atoms with Gasteiger partial charge in [-0.05, 0) is 24.3 Å². The molecule has 6 nitrogen and oxygen atoms in total. The largest absolute Gasteiger partial charge is 0.476 e. The van der Waals surface area contributed by atoms with Gasteiger partial charge in [0, 0.05) is 37.9 Å². The molecule has 0 aliphatic carbocycles. The van der Waals surface area contributed by atoms with Gasteiger partial charge in [0.1, 0.15) is 16.1 Å². The first-order valence-electron chi connectivity index (χ1n) is 10.3. The van der Waals surface area contributed by atoms with Crippen molar-refractivity contribution in [2.24, 2.45) is 0 Å². The molecule has 0 spiro atoms. The molecule has 0 saturated carbocycles. The predicted molar refractivity (Wildman–Crippen MR) is 122 cm³/mol. The molecule has 2 aromatic heterocycles. The Morgan fingerprint density at radius 3 is 2.32 bits per heavy atom. The van der Waals surface area contributed by atoms with Crippen LogP contribution in [-0.2, 0) is 4.79 Å². The standard InChI is InChI=1S/C24H22N4O2S/c29-23(21(18-8-3-1-4-9-18)30-19-10-5-2-6-11-19)27-14-16-28(17-15-27)24-26-20-12-7-13-25-22(20)31-24/h1-13,21H,14-17H2. The van der Waals surface area contributed by atoms with Crippen LogP contribution in [0.25, 0.3) is 10.3 Å². The fourth-order valence-corrected chi connectivity index (χ4v) is 4.66. The summed E-state index contributed by atoms with van der Waals surface area (Å²) in [6, 6.07) is 23.1. The van der Waals surface area contributed by atoms with E-state index in [1.54, 1.807) is 17.5 Å². The second-order valence-electron chi connectivity index (χ2n) is 7.36. The van der Waals surface area contributed by atoms with Gasteiger partial charge >= 0.3 is 0 Å². The molecule has 0 bridgehead atoms. The monoisotopic (exact) mass is 430 g/mol. The number of hydrogen-bond donors (Lipinski definition) is 0. The van der Waals surface area contributed by atoms with Crippen molar-refractivity contribution in [1.29, 1.82) is 0 Å². The lowest BCUT2D eigenvalue weighted by atomic mass is 10.1. The first kappa shape index (κ1) is 19.5. The SMILES string of the molecule is O=C(C(Oc1ccccc1)c1ccccc1)N1CCN(c2nc3cccnc3s2)CC1. The minimum Gasteiger partial charge on any atom is -0.476 e. The summed E-state index contributed by atoms with van der Waals surface area (Å²) in [7, 11) is 0. The molecule has 1 fully saturated rings. The van der Waals surface area contributed by atoms with E-state index in [4.69, 9.17) is 9.72 Å². The normalized spacial score (nSPS) is 15.1. The molecule has 1 aliphatic rings. The van der Waals surface area contributed by atoms with Crippen LogP contribution in [-0.4, -0.2) is 47.0 Å². The number of benzene rings is 2.